The van der Waals surface area contributed by atoms with Crippen LogP contribution in [0.5, 0.6) is 0 Å². The van der Waals surface area contributed by atoms with Crippen molar-refractivity contribution in [1.29, 1.82) is 0 Å². The molecule has 1 aromatic rings. The van der Waals surface area contributed by atoms with E-state index in [0.29, 0.717) is 17.8 Å². The van der Waals surface area contributed by atoms with Gasteiger partial charge in [-0.1, -0.05) is 45.4 Å². The van der Waals surface area contributed by atoms with E-state index in [0.717, 1.165) is 18.1 Å². The Morgan fingerprint density at radius 1 is 1.17 bits per heavy atom. The second-order valence-corrected chi connectivity index (χ2v) is 10.8. The van der Waals surface area contributed by atoms with E-state index in [1.165, 1.54) is 6.42 Å². The minimum Gasteiger partial charge on any atom is -0.311 e. The third kappa shape index (κ3) is 5.18. The molecule has 4 atom stereocenters. The molecule has 0 unspecified atom stereocenters. The van der Waals surface area contributed by atoms with Crippen LogP contribution >= 0.6 is 7.52 Å². The fraction of sp³-hybridized carbons (Fsp3) is 0.700. The maximum atomic E-state index is 13.8. The summed E-state index contributed by atoms with van der Waals surface area (Å²) in [7, 11) is -3.12. The lowest BCUT2D eigenvalue weighted by Crippen LogP contribution is -2.41. The van der Waals surface area contributed by atoms with Gasteiger partial charge in [-0.3, -0.25) is 4.57 Å². The fourth-order valence-corrected chi connectivity index (χ4v) is 6.02. The van der Waals surface area contributed by atoms with Gasteiger partial charge in [-0.25, -0.2) is 5.09 Å². The van der Waals surface area contributed by atoms with Gasteiger partial charge in [0.05, 0.1) is 11.4 Å². The molecule has 0 radical (unpaired) electrons. The van der Waals surface area contributed by atoms with Gasteiger partial charge in [0.2, 0.25) is 0 Å². The normalized spacial score (nSPS) is 27.9. The van der Waals surface area contributed by atoms with Crippen molar-refractivity contribution < 1.29 is 9.09 Å². The van der Waals surface area contributed by atoms with Crippen LogP contribution in [0.15, 0.2) is 30.3 Å². The molecule has 0 bridgehead atoms. The number of benzene rings is 1. The molecule has 0 aromatic heterocycles. The first-order valence-electron chi connectivity index (χ1n) is 9.24. The van der Waals surface area contributed by atoms with Gasteiger partial charge in [-0.2, -0.15) is 0 Å². The SMILES string of the molecule is CC(C)[C@H]1CC[C@@H](C)C[C@H]1O[P@@](=O)(NC(C)(C)C)c1ccccc1. The molecular formula is C20H34NO2P. The van der Waals surface area contributed by atoms with Crippen LogP contribution in [0.3, 0.4) is 0 Å². The van der Waals surface area contributed by atoms with E-state index < -0.39 is 7.52 Å². The van der Waals surface area contributed by atoms with E-state index in [1.54, 1.807) is 0 Å². The molecule has 24 heavy (non-hydrogen) atoms. The van der Waals surface area contributed by atoms with Gasteiger partial charge in [0.15, 0.2) is 0 Å². The summed E-state index contributed by atoms with van der Waals surface area (Å²) in [6.45, 7) is 12.9. The summed E-state index contributed by atoms with van der Waals surface area (Å²) in [5.41, 5.74) is -0.279. The van der Waals surface area contributed by atoms with Crippen LogP contribution in [-0.2, 0) is 9.09 Å². The summed E-state index contributed by atoms with van der Waals surface area (Å²) in [5.74, 6) is 1.64. The summed E-state index contributed by atoms with van der Waals surface area (Å²) in [4.78, 5) is 0. The Bertz CT molecular complexity index is 565. The molecular weight excluding hydrogens is 317 g/mol. The third-order valence-electron chi connectivity index (χ3n) is 4.82. The molecule has 0 heterocycles. The lowest BCUT2D eigenvalue weighted by atomic mass is 9.75. The molecule has 1 N–H and O–H groups in total. The first kappa shape index (κ1) is 19.7. The smallest absolute Gasteiger partial charge is 0.300 e. The van der Waals surface area contributed by atoms with Crippen LogP contribution in [0.1, 0.15) is 60.8 Å². The topological polar surface area (TPSA) is 38.3 Å². The molecule has 3 nitrogen and oxygen atoms in total. The molecule has 1 aromatic carbocycles. The van der Waals surface area contributed by atoms with Crippen molar-refractivity contribution >= 4 is 12.8 Å². The van der Waals surface area contributed by atoms with E-state index in [4.69, 9.17) is 4.52 Å². The molecule has 1 aliphatic carbocycles. The third-order valence-corrected chi connectivity index (χ3v) is 7.33. The van der Waals surface area contributed by atoms with E-state index in [-0.39, 0.29) is 11.6 Å². The minimum absolute atomic E-state index is 0.0506. The average Bonchev–Trinajstić information content (AvgIpc) is 2.46. The monoisotopic (exact) mass is 351 g/mol. The lowest BCUT2D eigenvalue weighted by molar-refractivity contribution is 0.0474. The molecule has 2 rings (SSSR count). The molecule has 0 aliphatic heterocycles. The predicted molar refractivity (Wildman–Crippen MR) is 103 cm³/mol. The molecule has 0 saturated heterocycles. The summed E-state index contributed by atoms with van der Waals surface area (Å²) in [6.07, 6.45) is 3.44. The predicted octanol–water partition coefficient (Wildman–Crippen LogP) is 5.37. The zero-order chi connectivity index (χ0) is 18.0. The van der Waals surface area contributed by atoms with Crippen molar-refractivity contribution in [3.63, 3.8) is 0 Å². The van der Waals surface area contributed by atoms with Gasteiger partial charge in [0.25, 0.3) is 7.52 Å². The first-order valence-corrected chi connectivity index (χ1v) is 10.9. The van der Waals surface area contributed by atoms with Gasteiger partial charge in [-0.15, -0.1) is 0 Å². The Morgan fingerprint density at radius 3 is 2.33 bits per heavy atom. The van der Waals surface area contributed by atoms with Crippen molar-refractivity contribution in [3.05, 3.63) is 30.3 Å². The molecule has 4 heteroatoms. The Balaban J connectivity index is 2.32. The highest BCUT2D eigenvalue weighted by molar-refractivity contribution is 7.65. The molecule has 0 amide bonds. The van der Waals surface area contributed by atoms with Crippen LogP contribution in [0.25, 0.3) is 0 Å². The zero-order valence-electron chi connectivity index (χ0n) is 16.1. The van der Waals surface area contributed by atoms with E-state index >= 15 is 0 Å². The van der Waals surface area contributed by atoms with Crippen molar-refractivity contribution in [2.45, 2.75) is 72.4 Å². The number of hydrogen-bond donors (Lipinski definition) is 1. The molecule has 1 fully saturated rings. The Labute approximate surface area is 148 Å². The van der Waals surface area contributed by atoms with Crippen LogP contribution in [-0.4, -0.2) is 11.6 Å². The highest BCUT2D eigenvalue weighted by Gasteiger charge is 2.39. The van der Waals surface area contributed by atoms with Crippen LogP contribution < -0.4 is 10.4 Å². The van der Waals surface area contributed by atoms with Crippen molar-refractivity contribution in [2.75, 3.05) is 0 Å². The average molecular weight is 351 g/mol. The second-order valence-electron chi connectivity index (χ2n) is 8.72. The second kappa shape index (κ2) is 7.72. The maximum Gasteiger partial charge on any atom is 0.300 e. The molecule has 0 spiro atoms. The van der Waals surface area contributed by atoms with Gasteiger partial charge in [0, 0.05) is 5.54 Å². The summed E-state index contributed by atoms with van der Waals surface area (Å²) >= 11 is 0. The van der Waals surface area contributed by atoms with Crippen molar-refractivity contribution in [2.24, 2.45) is 17.8 Å². The highest BCUT2D eigenvalue weighted by atomic mass is 31.2. The number of hydrogen-bond acceptors (Lipinski definition) is 2. The maximum absolute atomic E-state index is 13.8. The Morgan fingerprint density at radius 2 is 1.79 bits per heavy atom. The quantitative estimate of drug-likeness (QED) is 0.725. The Kier molecular flexibility index (Phi) is 6.34. The molecule has 1 saturated carbocycles. The fourth-order valence-electron chi connectivity index (χ4n) is 3.64. The summed E-state index contributed by atoms with van der Waals surface area (Å²) in [6, 6.07) is 9.63. The Hall–Kier alpha value is -0.630. The minimum atomic E-state index is -3.12. The molecule has 1 aliphatic rings. The van der Waals surface area contributed by atoms with Gasteiger partial charge in [0.1, 0.15) is 0 Å². The zero-order valence-corrected chi connectivity index (χ0v) is 17.0. The summed E-state index contributed by atoms with van der Waals surface area (Å²) < 4.78 is 20.3. The van der Waals surface area contributed by atoms with Gasteiger partial charge >= 0.3 is 0 Å². The van der Waals surface area contributed by atoms with Crippen LogP contribution in [0.4, 0.5) is 0 Å². The van der Waals surface area contributed by atoms with Crippen LogP contribution in [0.2, 0.25) is 0 Å². The number of rotatable bonds is 5. The summed E-state index contributed by atoms with van der Waals surface area (Å²) in [5, 5.41) is 4.07. The first-order chi connectivity index (χ1) is 11.1. The lowest BCUT2D eigenvalue weighted by Gasteiger charge is -2.40. The largest absolute Gasteiger partial charge is 0.311 e. The van der Waals surface area contributed by atoms with Gasteiger partial charge < -0.3 is 4.52 Å². The van der Waals surface area contributed by atoms with Crippen molar-refractivity contribution in [3.8, 4) is 0 Å². The van der Waals surface area contributed by atoms with E-state index in [9.17, 15) is 4.57 Å². The van der Waals surface area contributed by atoms with Crippen LogP contribution in [0, 0.1) is 17.8 Å². The standard InChI is InChI=1S/C20H34NO2P/c1-15(2)18-13-12-16(3)14-19(18)23-24(22,21-20(4,5)6)17-10-8-7-9-11-17/h7-11,15-16,18-19H,12-14H2,1-6H3,(H,21,22)/t16-,18-,19-,24-/m1/s1. The van der Waals surface area contributed by atoms with Crippen molar-refractivity contribution in [1.82, 2.24) is 5.09 Å². The molecule has 136 valence electrons. The highest BCUT2D eigenvalue weighted by Crippen LogP contribution is 2.49. The van der Waals surface area contributed by atoms with Gasteiger partial charge in [-0.05, 0) is 63.5 Å². The van der Waals surface area contributed by atoms with E-state index in [2.05, 4.69) is 25.9 Å². The number of nitrogens with one attached hydrogen (secondary N) is 1. The van der Waals surface area contributed by atoms with E-state index in [1.807, 2.05) is 51.1 Å².